The Morgan fingerprint density at radius 3 is 2.50 bits per heavy atom. The molecule has 1 radical (unpaired) electrons. The number of aryl methyl sites for hydroxylation is 1. The Balaban J connectivity index is 2.20. The summed E-state index contributed by atoms with van der Waals surface area (Å²) in [4.78, 5) is 0. The molecular weight excluding hydrogens is 170 g/mol. The van der Waals surface area contributed by atoms with Gasteiger partial charge < -0.3 is 5.73 Å². The summed E-state index contributed by atoms with van der Waals surface area (Å²) in [5, 5.41) is 0. The molecular formula is C13H20N. The Bertz CT molecular complexity index is 230. The highest BCUT2D eigenvalue weighted by Crippen LogP contribution is 2.07. The smallest absolute Gasteiger partial charge is 0.00419 e. The van der Waals surface area contributed by atoms with E-state index < -0.39 is 0 Å². The van der Waals surface area contributed by atoms with E-state index in [2.05, 4.69) is 31.2 Å². The molecule has 0 saturated heterocycles. The van der Waals surface area contributed by atoms with Gasteiger partial charge in [-0.05, 0) is 24.8 Å². The highest BCUT2D eigenvalue weighted by molar-refractivity contribution is 5.14. The Hall–Kier alpha value is -0.820. The van der Waals surface area contributed by atoms with E-state index in [4.69, 9.17) is 5.73 Å². The first-order valence-electron chi connectivity index (χ1n) is 5.41. The number of nitrogens with two attached hydrogens (primary N) is 1. The molecule has 1 aromatic carbocycles. The summed E-state index contributed by atoms with van der Waals surface area (Å²) in [5.74, 6) is 0. The summed E-state index contributed by atoms with van der Waals surface area (Å²) < 4.78 is 0. The molecule has 0 aromatic heterocycles. The van der Waals surface area contributed by atoms with Crippen LogP contribution in [0.5, 0.6) is 0 Å². The molecule has 0 heterocycles. The van der Waals surface area contributed by atoms with Crippen LogP contribution in [0.25, 0.3) is 0 Å². The van der Waals surface area contributed by atoms with E-state index >= 15 is 0 Å². The van der Waals surface area contributed by atoms with Gasteiger partial charge in [0.05, 0.1) is 0 Å². The maximum atomic E-state index is 5.98. The second kappa shape index (κ2) is 6.61. The zero-order chi connectivity index (χ0) is 10.2. The van der Waals surface area contributed by atoms with E-state index in [-0.39, 0.29) is 0 Å². The lowest BCUT2D eigenvalue weighted by atomic mass is 10.0. The van der Waals surface area contributed by atoms with Crippen LogP contribution < -0.4 is 5.73 Å². The molecule has 0 aliphatic heterocycles. The van der Waals surface area contributed by atoms with Crippen LogP contribution in [0.15, 0.2) is 30.3 Å². The standard InChI is InChI=1S/C13H20N/c1-2-3-9-13(14)11-10-12-7-5-4-6-8-12/h4-8,13H,1-3,9-11,14H2/t13-/m1/s1. The molecule has 14 heavy (non-hydrogen) atoms. The van der Waals surface area contributed by atoms with Gasteiger partial charge in [-0.1, -0.05) is 50.1 Å². The first-order valence-corrected chi connectivity index (χ1v) is 5.41. The molecule has 1 rings (SSSR count). The van der Waals surface area contributed by atoms with Crippen molar-refractivity contribution in [3.05, 3.63) is 42.8 Å². The van der Waals surface area contributed by atoms with Gasteiger partial charge in [-0.3, -0.25) is 0 Å². The molecule has 2 N–H and O–H groups in total. The SMILES string of the molecule is [CH2]CCC[C@@H](N)CCc1ccccc1. The molecule has 77 valence electrons. The largest absolute Gasteiger partial charge is 0.328 e. The number of hydrogen-bond donors (Lipinski definition) is 1. The van der Waals surface area contributed by atoms with Gasteiger partial charge in [0.2, 0.25) is 0 Å². The predicted octanol–water partition coefficient (Wildman–Crippen LogP) is 2.95. The Kier molecular flexibility index (Phi) is 5.31. The first-order chi connectivity index (χ1) is 6.83. The summed E-state index contributed by atoms with van der Waals surface area (Å²) in [6.07, 6.45) is 5.44. The lowest BCUT2D eigenvalue weighted by Gasteiger charge is -2.10. The van der Waals surface area contributed by atoms with Crippen LogP contribution in [0.3, 0.4) is 0 Å². The van der Waals surface area contributed by atoms with Gasteiger partial charge in [0.1, 0.15) is 0 Å². The third-order valence-corrected chi connectivity index (χ3v) is 2.47. The molecule has 0 fully saturated rings. The summed E-state index contributed by atoms with van der Waals surface area (Å²) in [7, 11) is 0. The van der Waals surface area contributed by atoms with E-state index in [0.29, 0.717) is 6.04 Å². The van der Waals surface area contributed by atoms with Crippen molar-refractivity contribution >= 4 is 0 Å². The van der Waals surface area contributed by atoms with Crippen molar-refractivity contribution in [1.29, 1.82) is 0 Å². The van der Waals surface area contributed by atoms with Gasteiger partial charge in [0, 0.05) is 6.04 Å². The summed E-state index contributed by atoms with van der Waals surface area (Å²) in [6, 6.07) is 10.9. The van der Waals surface area contributed by atoms with Crippen LogP contribution in [0.4, 0.5) is 0 Å². The summed E-state index contributed by atoms with van der Waals surface area (Å²) in [5.41, 5.74) is 7.37. The van der Waals surface area contributed by atoms with Gasteiger partial charge in [-0.25, -0.2) is 0 Å². The van der Waals surface area contributed by atoms with Gasteiger partial charge in [0.15, 0.2) is 0 Å². The van der Waals surface area contributed by atoms with Crippen LogP contribution in [0.2, 0.25) is 0 Å². The molecule has 0 bridgehead atoms. The topological polar surface area (TPSA) is 26.0 Å². The highest BCUT2D eigenvalue weighted by Gasteiger charge is 2.01. The summed E-state index contributed by atoms with van der Waals surface area (Å²) in [6.45, 7) is 3.82. The Morgan fingerprint density at radius 2 is 1.86 bits per heavy atom. The molecule has 0 unspecified atom stereocenters. The summed E-state index contributed by atoms with van der Waals surface area (Å²) >= 11 is 0. The van der Waals surface area contributed by atoms with Crippen LogP contribution in [-0.4, -0.2) is 6.04 Å². The van der Waals surface area contributed by atoms with Gasteiger partial charge in [-0.2, -0.15) is 0 Å². The van der Waals surface area contributed by atoms with Gasteiger partial charge >= 0.3 is 0 Å². The third kappa shape index (κ3) is 4.43. The number of unbranched alkanes of at least 4 members (excludes halogenated alkanes) is 1. The minimum absolute atomic E-state index is 0.344. The molecule has 1 aromatic rings. The lowest BCUT2D eigenvalue weighted by molar-refractivity contribution is 0.548. The lowest BCUT2D eigenvalue weighted by Crippen LogP contribution is -2.20. The Labute approximate surface area is 87.3 Å². The fraction of sp³-hybridized carbons (Fsp3) is 0.462. The molecule has 0 amide bonds. The number of rotatable bonds is 6. The van der Waals surface area contributed by atoms with Crippen molar-refractivity contribution in [3.63, 3.8) is 0 Å². The van der Waals surface area contributed by atoms with Crippen molar-refractivity contribution in [3.8, 4) is 0 Å². The molecule has 0 aliphatic rings. The van der Waals surface area contributed by atoms with E-state index in [0.717, 1.165) is 32.1 Å². The normalized spacial score (nSPS) is 12.7. The van der Waals surface area contributed by atoms with Crippen molar-refractivity contribution in [2.45, 2.75) is 38.1 Å². The van der Waals surface area contributed by atoms with Gasteiger partial charge in [0.25, 0.3) is 0 Å². The van der Waals surface area contributed by atoms with E-state index in [9.17, 15) is 0 Å². The van der Waals surface area contributed by atoms with Gasteiger partial charge in [-0.15, -0.1) is 0 Å². The average Bonchev–Trinajstić information content (AvgIpc) is 2.25. The second-order valence-electron chi connectivity index (χ2n) is 3.78. The quantitative estimate of drug-likeness (QED) is 0.733. The maximum absolute atomic E-state index is 5.98. The van der Waals surface area contributed by atoms with Crippen LogP contribution in [-0.2, 0) is 6.42 Å². The zero-order valence-corrected chi connectivity index (χ0v) is 8.78. The number of benzene rings is 1. The zero-order valence-electron chi connectivity index (χ0n) is 8.78. The molecule has 0 spiro atoms. The fourth-order valence-corrected chi connectivity index (χ4v) is 1.55. The average molecular weight is 190 g/mol. The molecule has 1 atom stereocenters. The van der Waals surface area contributed by atoms with Crippen molar-refractivity contribution in [1.82, 2.24) is 0 Å². The maximum Gasteiger partial charge on any atom is 0.00419 e. The minimum Gasteiger partial charge on any atom is -0.328 e. The second-order valence-corrected chi connectivity index (χ2v) is 3.78. The molecule has 0 aliphatic carbocycles. The van der Waals surface area contributed by atoms with Crippen molar-refractivity contribution in [2.24, 2.45) is 5.73 Å². The fourth-order valence-electron chi connectivity index (χ4n) is 1.55. The molecule has 1 heteroatoms. The minimum atomic E-state index is 0.344. The van der Waals surface area contributed by atoms with E-state index in [1.54, 1.807) is 0 Å². The van der Waals surface area contributed by atoms with Crippen molar-refractivity contribution in [2.75, 3.05) is 0 Å². The van der Waals surface area contributed by atoms with Crippen molar-refractivity contribution < 1.29 is 0 Å². The van der Waals surface area contributed by atoms with E-state index in [1.165, 1.54) is 5.56 Å². The first kappa shape index (κ1) is 11.3. The predicted molar refractivity (Wildman–Crippen MR) is 61.9 cm³/mol. The number of hydrogen-bond acceptors (Lipinski definition) is 1. The van der Waals surface area contributed by atoms with Crippen LogP contribution in [0.1, 0.15) is 31.2 Å². The van der Waals surface area contributed by atoms with Crippen LogP contribution in [0, 0.1) is 6.92 Å². The monoisotopic (exact) mass is 190 g/mol. The molecule has 0 saturated carbocycles. The van der Waals surface area contributed by atoms with Crippen LogP contribution >= 0.6 is 0 Å². The molecule has 1 nitrogen and oxygen atoms in total. The highest BCUT2D eigenvalue weighted by atomic mass is 14.6. The third-order valence-electron chi connectivity index (χ3n) is 2.47. The van der Waals surface area contributed by atoms with E-state index in [1.807, 2.05) is 6.07 Å². The Morgan fingerprint density at radius 1 is 1.14 bits per heavy atom.